The van der Waals surface area contributed by atoms with Crippen molar-refractivity contribution in [1.82, 2.24) is 4.98 Å². The number of para-hydroxylation sites is 1. The van der Waals surface area contributed by atoms with Gasteiger partial charge in [0.2, 0.25) is 5.71 Å². The van der Waals surface area contributed by atoms with E-state index in [1.165, 1.54) is 54.6 Å². The van der Waals surface area contributed by atoms with Crippen LogP contribution in [0.4, 0.5) is 17.1 Å². The van der Waals surface area contributed by atoms with Crippen molar-refractivity contribution < 1.29 is 4.42 Å². The summed E-state index contributed by atoms with van der Waals surface area (Å²) in [5.74, 6) is 0. The average molecular weight is 639 g/mol. The third-order valence-electron chi connectivity index (χ3n) is 9.90. The normalized spacial score (nSPS) is 11.6. The van der Waals surface area contributed by atoms with Gasteiger partial charge in [0.15, 0.2) is 0 Å². The maximum absolute atomic E-state index is 6.09. The van der Waals surface area contributed by atoms with Crippen LogP contribution < -0.4 is 4.90 Å². The topological polar surface area (TPSA) is 29.3 Å². The molecule has 0 amide bonds. The predicted molar refractivity (Wildman–Crippen MR) is 210 cm³/mol. The highest BCUT2D eigenvalue weighted by molar-refractivity contribution is 6.24. The molecule has 2 heterocycles. The van der Waals surface area contributed by atoms with Gasteiger partial charge >= 0.3 is 0 Å². The van der Waals surface area contributed by atoms with Gasteiger partial charge in [0, 0.05) is 16.8 Å². The van der Waals surface area contributed by atoms with E-state index in [1.807, 2.05) is 24.4 Å². The Kier molecular flexibility index (Phi) is 6.49. The predicted octanol–water partition coefficient (Wildman–Crippen LogP) is 13.2. The number of rotatable bonds is 5. The van der Waals surface area contributed by atoms with Crippen molar-refractivity contribution >= 4 is 71.4 Å². The highest BCUT2D eigenvalue weighted by atomic mass is 16.3. The van der Waals surface area contributed by atoms with E-state index in [2.05, 4.69) is 163 Å². The van der Waals surface area contributed by atoms with Crippen molar-refractivity contribution in [3.05, 3.63) is 182 Å². The molecule has 2 aromatic heterocycles. The van der Waals surface area contributed by atoms with E-state index in [1.54, 1.807) is 0 Å². The van der Waals surface area contributed by atoms with Gasteiger partial charge in [-0.2, -0.15) is 0 Å². The lowest BCUT2D eigenvalue weighted by Crippen LogP contribution is -2.10. The fourth-order valence-electron chi connectivity index (χ4n) is 7.50. The maximum atomic E-state index is 6.09. The third kappa shape index (κ3) is 4.63. The highest BCUT2D eigenvalue weighted by Gasteiger charge is 2.18. The molecule has 0 saturated carbocycles. The lowest BCUT2D eigenvalue weighted by Gasteiger charge is -2.25. The Morgan fingerprint density at radius 2 is 1.00 bits per heavy atom. The van der Waals surface area contributed by atoms with Gasteiger partial charge in [-0.15, -0.1) is 0 Å². The van der Waals surface area contributed by atoms with E-state index < -0.39 is 0 Å². The number of pyridine rings is 1. The standard InChI is InChI=1S/C47H30N2O/c1-2-10-31(11-3-1)32-18-23-36(24-19-32)49(38-29-44-41-16-8-9-17-45(41)50-47(44)48-30-38)37-25-20-34(21-26-37)43-28-35-13-5-7-15-40(35)46-39-14-6-4-12-33(39)22-27-42(43)46/h1-30H. The molecule has 8 aromatic carbocycles. The first-order chi connectivity index (χ1) is 24.8. The minimum Gasteiger partial charge on any atom is -0.438 e. The largest absolute Gasteiger partial charge is 0.438 e. The zero-order chi connectivity index (χ0) is 33.0. The summed E-state index contributed by atoms with van der Waals surface area (Å²) in [4.78, 5) is 7.08. The quantitative estimate of drug-likeness (QED) is 0.176. The first-order valence-electron chi connectivity index (χ1n) is 17.0. The second-order valence-corrected chi connectivity index (χ2v) is 12.8. The number of anilines is 3. The minimum atomic E-state index is 0.639. The Bertz CT molecular complexity index is 2840. The van der Waals surface area contributed by atoms with E-state index in [9.17, 15) is 0 Å². The first kappa shape index (κ1) is 28.3. The minimum absolute atomic E-state index is 0.639. The smallest absolute Gasteiger partial charge is 0.227 e. The van der Waals surface area contributed by atoms with Crippen LogP contribution >= 0.6 is 0 Å². The maximum Gasteiger partial charge on any atom is 0.227 e. The average Bonchev–Trinajstić information content (AvgIpc) is 3.56. The van der Waals surface area contributed by atoms with Crippen LogP contribution in [0.25, 0.3) is 76.6 Å². The Morgan fingerprint density at radius 3 is 1.76 bits per heavy atom. The summed E-state index contributed by atoms with van der Waals surface area (Å²) in [5, 5.41) is 9.65. The van der Waals surface area contributed by atoms with Gasteiger partial charge in [-0.1, -0.05) is 133 Å². The number of aromatic nitrogens is 1. The monoisotopic (exact) mass is 638 g/mol. The Balaban J connectivity index is 1.13. The van der Waals surface area contributed by atoms with Crippen molar-refractivity contribution in [2.45, 2.75) is 0 Å². The molecule has 0 saturated heterocycles. The van der Waals surface area contributed by atoms with Crippen molar-refractivity contribution in [3.8, 4) is 22.3 Å². The van der Waals surface area contributed by atoms with Gasteiger partial charge in [0.1, 0.15) is 5.58 Å². The Labute approximate surface area is 289 Å². The molecular formula is C47H30N2O. The molecule has 0 aliphatic heterocycles. The van der Waals surface area contributed by atoms with E-state index in [0.717, 1.165) is 33.4 Å². The van der Waals surface area contributed by atoms with E-state index in [0.29, 0.717) is 5.71 Å². The lowest BCUT2D eigenvalue weighted by atomic mass is 9.90. The molecule has 0 radical (unpaired) electrons. The summed E-state index contributed by atoms with van der Waals surface area (Å²) >= 11 is 0. The SMILES string of the molecule is c1ccc(-c2ccc(N(c3ccc(-c4cc5ccccc5c5c4ccc4ccccc45)cc3)c3cnc4oc5ccccc5c4c3)cc2)cc1. The number of nitrogens with zero attached hydrogens (tertiary/aromatic N) is 2. The van der Waals surface area contributed by atoms with Gasteiger partial charge in [0.25, 0.3) is 0 Å². The number of hydrogen-bond donors (Lipinski definition) is 0. The number of furan rings is 1. The molecule has 10 aromatic rings. The van der Waals surface area contributed by atoms with Crippen LogP contribution in [0, 0.1) is 0 Å². The van der Waals surface area contributed by atoms with Crippen LogP contribution in [0.3, 0.4) is 0 Å². The summed E-state index contributed by atoms with van der Waals surface area (Å²) in [6.45, 7) is 0. The van der Waals surface area contributed by atoms with Crippen LogP contribution in [0.2, 0.25) is 0 Å². The zero-order valence-electron chi connectivity index (χ0n) is 27.1. The Hall–Kier alpha value is -6.71. The van der Waals surface area contributed by atoms with Gasteiger partial charge in [-0.25, -0.2) is 4.98 Å². The molecule has 3 heteroatoms. The molecule has 0 aliphatic carbocycles. The van der Waals surface area contributed by atoms with E-state index in [4.69, 9.17) is 9.40 Å². The number of benzene rings is 8. The molecular weight excluding hydrogens is 609 g/mol. The fourth-order valence-corrected chi connectivity index (χ4v) is 7.50. The summed E-state index contributed by atoms with van der Waals surface area (Å²) in [6, 6.07) is 62.8. The molecule has 10 rings (SSSR count). The molecule has 234 valence electrons. The summed E-state index contributed by atoms with van der Waals surface area (Å²) in [6.07, 6.45) is 1.91. The van der Waals surface area contributed by atoms with Gasteiger partial charge in [0.05, 0.1) is 17.3 Å². The van der Waals surface area contributed by atoms with Crippen molar-refractivity contribution in [1.29, 1.82) is 0 Å². The van der Waals surface area contributed by atoms with Crippen molar-refractivity contribution in [3.63, 3.8) is 0 Å². The molecule has 0 fully saturated rings. The number of fused-ring (bicyclic) bond motifs is 8. The van der Waals surface area contributed by atoms with Crippen LogP contribution in [0.1, 0.15) is 0 Å². The van der Waals surface area contributed by atoms with Crippen molar-refractivity contribution in [2.75, 3.05) is 4.90 Å². The molecule has 0 N–H and O–H groups in total. The Morgan fingerprint density at radius 1 is 0.400 bits per heavy atom. The van der Waals surface area contributed by atoms with Gasteiger partial charge in [-0.3, -0.25) is 0 Å². The van der Waals surface area contributed by atoms with Gasteiger partial charge < -0.3 is 9.32 Å². The second-order valence-electron chi connectivity index (χ2n) is 12.8. The molecule has 0 aliphatic rings. The molecule has 0 spiro atoms. The molecule has 0 atom stereocenters. The van der Waals surface area contributed by atoms with Crippen LogP contribution in [0.15, 0.2) is 187 Å². The number of hydrogen-bond acceptors (Lipinski definition) is 3. The fraction of sp³-hybridized carbons (Fsp3) is 0. The first-order valence-corrected chi connectivity index (χ1v) is 17.0. The lowest BCUT2D eigenvalue weighted by molar-refractivity contribution is 0.654. The highest BCUT2D eigenvalue weighted by Crippen LogP contribution is 2.42. The second kappa shape index (κ2) is 11.5. The van der Waals surface area contributed by atoms with Crippen molar-refractivity contribution in [2.24, 2.45) is 0 Å². The summed E-state index contributed by atoms with van der Waals surface area (Å²) in [5.41, 5.74) is 9.31. The van der Waals surface area contributed by atoms with Crippen LogP contribution in [-0.2, 0) is 0 Å². The van der Waals surface area contributed by atoms with E-state index in [-0.39, 0.29) is 0 Å². The summed E-state index contributed by atoms with van der Waals surface area (Å²) < 4.78 is 6.09. The zero-order valence-corrected chi connectivity index (χ0v) is 27.1. The molecule has 0 unspecified atom stereocenters. The molecule has 50 heavy (non-hydrogen) atoms. The van der Waals surface area contributed by atoms with Crippen LogP contribution in [-0.4, -0.2) is 4.98 Å². The third-order valence-corrected chi connectivity index (χ3v) is 9.90. The molecule has 3 nitrogen and oxygen atoms in total. The van der Waals surface area contributed by atoms with Gasteiger partial charge in [-0.05, 0) is 97.0 Å². The van der Waals surface area contributed by atoms with Crippen LogP contribution in [0.5, 0.6) is 0 Å². The summed E-state index contributed by atoms with van der Waals surface area (Å²) in [7, 11) is 0. The molecule has 0 bridgehead atoms. The van der Waals surface area contributed by atoms with E-state index >= 15 is 0 Å².